The van der Waals surface area contributed by atoms with Crippen molar-refractivity contribution in [1.82, 2.24) is 9.78 Å². The van der Waals surface area contributed by atoms with Crippen LogP contribution in [-0.4, -0.2) is 19.8 Å². The van der Waals surface area contributed by atoms with Crippen molar-refractivity contribution in [2.24, 2.45) is 16.0 Å². The van der Waals surface area contributed by atoms with Gasteiger partial charge in [0.25, 0.3) is 5.69 Å². The zero-order chi connectivity index (χ0) is 19.6. The Morgan fingerprint density at radius 1 is 1.22 bits per heavy atom. The number of nitro groups is 1. The van der Waals surface area contributed by atoms with Crippen LogP contribution in [0.15, 0.2) is 63.6 Å². The monoisotopic (exact) mass is 382 g/mol. The molecule has 9 nitrogen and oxygen atoms in total. The summed E-state index contributed by atoms with van der Waals surface area (Å²) in [5, 5.41) is 21.7. The van der Waals surface area contributed by atoms with Crippen molar-refractivity contribution in [1.29, 1.82) is 0 Å². The number of thiocarbonyl (C=S) groups is 1. The molecule has 0 aliphatic rings. The quantitative estimate of drug-likeness (QED) is 0.308. The van der Waals surface area contributed by atoms with Crippen molar-refractivity contribution >= 4 is 34.4 Å². The Morgan fingerprint density at radius 2 is 1.93 bits per heavy atom. The number of nitro benzene ring substituents is 1. The van der Waals surface area contributed by atoms with Gasteiger partial charge < -0.3 is 5.73 Å². The topological polar surface area (TPSA) is 132 Å². The number of aryl methyl sites for hydroxylation is 1. The number of benzene rings is 2. The number of nitrogens with two attached hydrogens (primary N) is 1. The highest BCUT2D eigenvalue weighted by atomic mass is 32.1. The minimum Gasteiger partial charge on any atom is -0.374 e. The SMILES string of the molecule is Cc1ccc(N=Nc2c(-c3ccccc3)[nH]n(C(N)=S)c2=O)cc1[N+](=O)[O-]. The first-order valence-corrected chi connectivity index (χ1v) is 8.16. The number of nitrogens with one attached hydrogen (secondary N) is 1. The molecule has 3 N–H and O–H groups in total. The molecular formula is C17H14N6O3S. The lowest BCUT2D eigenvalue weighted by molar-refractivity contribution is -0.385. The summed E-state index contributed by atoms with van der Waals surface area (Å²) >= 11 is 4.87. The van der Waals surface area contributed by atoms with E-state index in [2.05, 4.69) is 15.3 Å². The number of aromatic nitrogens is 2. The highest BCUT2D eigenvalue weighted by molar-refractivity contribution is 7.80. The molecule has 0 aliphatic carbocycles. The van der Waals surface area contributed by atoms with E-state index in [0.717, 1.165) is 4.68 Å². The van der Waals surface area contributed by atoms with Gasteiger partial charge >= 0.3 is 5.56 Å². The fourth-order valence-corrected chi connectivity index (χ4v) is 2.58. The van der Waals surface area contributed by atoms with Crippen LogP contribution in [-0.2, 0) is 0 Å². The third-order valence-corrected chi connectivity index (χ3v) is 3.99. The molecule has 2 aromatic carbocycles. The van der Waals surface area contributed by atoms with Gasteiger partial charge in [-0.1, -0.05) is 36.4 Å². The second kappa shape index (κ2) is 7.30. The Kier molecular flexibility index (Phi) is 4.90. The molecule has 1 aromatic heterocycles. The van der Waals surface area contributed by atoms with Crippen LogP contribution in [0.1, 0.15) is 5.56 Å². The average molecular weight is 382 g/mol. The van der Waals surface area contributed by atoms with E-state index in [1.54, 1.807) is 43.3 Å². The highest BCUT2D eigenvalue weighted by Gasteiger charge is 2.17. The molecule has 0 bridgehead atoms. The summed E-state index contributed by atoms with van der Waals surface area (Å²) in [4.78, 5) is 23.1. The Labute approximate surface area is 158 Å². The number of hydrogen-bond acceptors (Lipinski definition) is 6. The summed E-state index contributed by atoms with van der Waals surface area (Å²) in [7, 11) is 0. The molecule has 0 unspecified atom stereocenters. The van der Waals surface area contributed by atoms with E-state index in [1.807, 2.05) is 6.07 Å². The minimum absolute atomic E-state index is 0.00257. The van der Waals surface area contributed by atoms with Crippen LogP contribution in [0, 0.1) is 17.0 Å². The molecule has 136 valence electrons. The maximum absolute atomic E-state index is 12.6. The summed E-state index contributed by atoms with van der Waals surface area (Å²) < 4.78 is 0.990. The van der Waals surface area contributed by atoms with E-state index >= 15 is 0 Å². The minimum atomic E-state index is -0.563. The zero-order valence-electron chi connectivity index (χ0n) is 14.1. The van der Waals surface area contributed by atoms with Gasteiger partial charge in [0.05, 0.1) is 16.3 Å². The molecule has 0 fully saturated rings. The molecule has 0 amide bonds. The lowest BCUT2D eigenvalue weighted by atomic mass is 10.1. The summed E-state index contributed by atoms with van der Waals surface area (Å²) in [6.07, 6.45) is 0. The maximum Gasteiger partial charge on any atom is 0.301 e. The number of rotatable bonds is 4. The van der Waals surface area contributed by atoms with Crippen molar-refractivity contribution in [3.05, 3.63) is 74.6 Å². The predicted octanol–water partition coefficient (Wildman–Crippen LogP) is 3.57. The average Bonchev–Trinajstić information content (AvgIpc) is 2.98. The Balaban J connectivity index is 2.10. The third kappa shape index (κ3) is 3.65. The largest absolute Gasteiger partial charge is 0.374 e. The van der Waals surface area contributed by atoms with E-state index < -0.39 is 10.5 Å². The zero-order valence-corrected chi connectivity index (χ0v) is 14.9. The fraction of sp³-hybridized carbons (Fsp3) is 0.0588. The molecule has 0 saturated carbocycles. The van der Waals surface area contributed by atoms with Gasteiger partial charge in [-0.2, -0.15) is 9.80 Å². The molecule has 0 spiro atoms. The standard InChI is InChI=1S/C17H14N6O3S/c1-10-7-8-12(9-13(10)23(25)26)19-20-15-14(11-5-3-2-4-6-11)21-22(16(15)24)17(18)27/h2-9,21H,1H3,(H2,18,27). The van der Waals surface area contributed by atoms with Crippen LogP contribution in [0.4, 0.5) is 17.1 Å². The number of aromatic amines is 1. The van der Waals surface area contributed by atoms with E-state index in [1.165, 1.54) is 6.07 Å². The second-order valence-electron chi connectivity index (χ2n) is 5.61. The van der Waals surface area contributed by atoms with Gasteiger partial charge in [0.2, 0.25) is 0 Å². The molecule has 0 aliphatic heterocycles. The van der Waals surface area contributed by atoms with Crippen LogP contribution in [0.2, 0.25) is 0 Å². The summed E-state index contributed by atoms with van der Waals surface area (Å²) in [6.45, 7) is 1.62. The Morgan fingerprint density at radius 3 is 2.56 bits per heavy atom. The van der Waals surface area contributed by atoms with Crippen molar-refractivity contribution < 1.29 is 4.92 Å². The van der Waals surface area contributed by atoms with Gasteiger partial charge in [0.15, 0.2) is 10.8 Å². The van der Waals surface area contributed by atoms with Gasteiger partial charge in [0.1, 0.15) is 0 Å². The van der Waals surface area contributed by atoms with E-state index in [0.29, 0.717) is 16.8 Å². The first-order chi connectivity index (χ1) is 12.9. The maximum atomic E-state index is 12.6. The van der Waals surface area contributed by atoms with Crippen molar-refractivity contribution in [3.8, 4) is 11.3 Å². The van der Waals surface area contributed by atoms with Crippen LogP contribution < -0.4 is 11.3 Å². The molecule has 0 saturated heterocycles. The highest BCUT2D eigenvalue weighted by Crippen LogP contribution is 2.29. The number of H-pyrrole nitrogens is 1. The van der Waals surface area contributed by atoms with Crippen LogP contribution in [0.25, 0.3) is 11.3 Å². The normalized spacial score (nSPS) is 11.0. The third-order valence-electron chi connectivity index (χ3n) is 3.80. The number of azo groups is 1. The van der Waals surface area contributed by atoms with Crippen molar-refractivity contribution in [2.75, 3.05) is 0 Å². The number of hydrogen-bond donors (Lipinski definition) is 2. The van der Waals surface area contributed by atoms with Gasteiger partial charge in [-0.25, -0.2) is 0 Å². The van der Waals surface area contributed by atoms with Gasteiger partial charge in [-0.15, -0.1) is 5.11 Å². The smallest absolute Gasteiger partial charge is 0.301 e. The predicted molar refractivity (Wildman–Crippen MR) is 105 cm³/mol. The van der Waals surface area contributed by atoms with Gasteiger partial charge in [0, 0.05) is 17.2 Å². The van der Waals surface area contributed by atoms with Crippen molar-refractivity contribution in [3.63, 3.8) is 0 Å². The lowest BCUT2D eigenvalue weighted by Crippen LogP contribution is -2.29. The fourth-order valence-electron chi connectivity index (χ4n) is 2.45. The first kappa shape index (κ1) is 18.1. The van der Waals surface area contributed by atoms with Crippen LogP contribution in [0.3, 0.4) is 0 Å². The second-order valence-corrected chi connectivity index (χ2v) is 6.03. The molecule has 1 heterocycles. The molecule has 0 atom stereocenters. The molecule has 27 heavy (non-hydrogen) atoms. The van der Waals surface area contributed by atoms with Crippen molar-refractivity contribution in [2.45, 2.75) is 6.92 Å². The molecule has 10 heteroatoms. The summed E-state index contributed by atoms with van der Waals surface area (Å²) in [6, 6.07) is 13.4. The molecule has 0 radical (unpaired) electrons. The molecular weight excluding hydrogens is 368 g/mol. The Hall–Kier alpha value is -3.66. The Bertz CT molecular complexity index is 1120. The molecule has 3 rings (SSSR count). The van der Waals surface area contributed by atoms with Gasteiger partial charge in [-0.05, 0) is 25.2 Å². The summed E-state index contributed by atoms with van der Waals surface area (Å²) in [5.74, 6) is 0. The summed E-state index contributed by atoms with van der Waals surface area (Å²) in [5.41, 5.74) is 6.74. The van der Waals surface area contributed by atoms with Crippen LogP contribution in [0.5, 0.6) is 0 Å². The van der Waals surface area contributed by atoms with E-state index in [4.69, 9.17) is 18.0 Å². The number of nitrogens with zero attached hydrogens (tertiary/aromatic N) is 4. The first-order valence-electron chi connectivity index (χ1n) is 7.75. The molecule has 3 aromatic rings. The van der Waals surface area contributed by atoms with Crippen LogP contribution >= 0.6 is 12.2 Å². The van der Waals surface area contributed by atoms with E-state index in [9.17, 15) is 14.9 Å². The van der Waals surface area contributed by atoms with Gasteiger partial charge in [-0.3, -0.25) is 20.0 Å². The van der Waals surface area contributed by atoms with E-state index in [-0.39, 0.29) is 22.2 Å². The lowest BCUT2D eigenvalue weighted by Gasteiger charge is -1.99.